The third kappa shape index (κ3) is 17.1. The molecule has 2 N–H and O–H groups in total. The van der Waals surface area contributed by atoms with Crippen LogP contribution in [0.5, 0.6) is 0 Å². The lowest BCUT2D eigenvalue weighted by Crippen LogP contribution is -2.39. The lowest BCUT2D eigenvalue weighted by atomic mass is 9.82. The van der Waals surface area contributed by atoms with Crippen LogP contribution < -0.4 is 5.73 Å². The number of nitrogens with two attached hydrogens (primary N) is 1. The van der Waals surface area contributed by atoms with Crippen LogP contribution in [0, 0.1) is 0 Å². The molecule has 1 nitrogen and oxygen atoms in total. The number of rotatable bonds is 20. The molecule has 0 aromatic carbocycles. The Morgan fingerprint density at radius 3 is 0.960 bits per heavy atom. The van der Waals surface area contributed by atoms with E-state index in [-0.39, 0.29) is 5.54 Å². The second kappa shape index (κ2) is 18.7. The summed E-state index contributed by atoms with van der Waals surface area (Å²) in [5.74, 6) is 0. The van der Waals surface area contributed by atoms with E-state index in [0.29, 0.717) is 0 Å². The molecule has 1 heteroatoms. The van der Waals surface area contributed by atoms with Gasteiger partial charge in [-0.3, -0.25) is 0 Å². The van der Waals surface area contributed by atoms with Crippen molar-refractivity contribution in [1.29, 1.82) is 0 Å². The predicted molar refractivity (Wildman–Crippen MR) is 116 cm³/mol. The second-order valence-corrected chi connectivity index (χ2v) is 8.56. The first-order valence-electron chi connectivity index (χ1n) is 12.0. The van der Waals surface area contributed by atoms with E-state index in [0.717, 1.165) is 0 Å². The van der Waals surface area contributed by atoms with E-state index in [1.165, 1.54) is 128 Å². The Kier molecular flexibility index (Phi) is 18.7. The zero-order chi connectivity index (χ0) is 18.6. The molecule has 0 amide bonds. The molecule has 0 spiro atoms. The van der Waals surface area contributed by atoms with Gasteiger partial charge in [0.15, 0.2) is 0 Å². The molecule has 0 aliphatic rings. The van der Waals surface area contributed by atoms with Crippen molar-refractivity contribution in [3.05, 3.63) is 0 Å². The minimum atomic E-state index is 0.141. The van der Waals surface area contributed by atoms with Gasteiger partial charge in [-0.15, -0.1) is 0 Å². The molecule has 0 bridgehead atoms. The standard InChI is InChI=1S/C24H51N/c1-4-7-10-13-14-15-16-17-20-23-24(25,21-18-11-8-5-2)22-19-12-9-6-3/h4-23,25H2,1-3H3. The molecular weight excluding hydrogens is 302 g/mol. The van der Waals surface area contributed by atoms with Gasteiger partial charge in [-0.05, 0) is 19.3 Å². The number of hydrogen-bond donors (Lipinski definition) is 1. The van der Waals surface area contributed by atoms with Crippen molar-refractivity contribution in [2.24, 2.45) is 5.73 Å². The summed E-state index contributed by atoms with van der Waals surface area (Å²) in [5, 5.41) is 0. The van der Waals surface area contributed by atoms with Crippen molar-refractivity contribution >= 4 is 0 Å². The summed E-state index contributed by atoms with van der Waals surface area (Å²) in [7, 11) is 0. The first-order chi connectivity index (χ1) is 12.2. The molecule has 0 atom stereocenters. The second-order valence-electron chi connectivity index (χ2n) is 8.56. The largest absolute Gasteiger partial charge is 0.325 e. The van der Waals surface area contributed by atoms with Gasteiger partial charge in [0.25, 0.3) is 0 Å². The predicted octanol–water partition coefficient (Wildman–Crippen LogP) is 8.55. The highest BCUT2D eigenvalue weighted by atomic mass is 14.7. The van der Waals surface area contributed by atoms with E-state index in [4.69, 9.17) is 5.73 Å². The SMILES string of the molecule is CCCCCCCCCCCC(N)(CCCCCC)CCCCCC. The van der Waals surface area contributed by atoms with Crippen LogP contribution in [0.15, 0.2) is 0 Å². The first-order valence-corrected chi connectivity index (χ1v) is 12.0. The third-order valence-electron chi connectivity index (χ3n) is 5.83. The molecule has 0 radical (unpaired) electrons. The van der Waals surface area contributed by atoms with Gasteiger partial charge in [-0.2, -0.15) is 0 Å². The molecule has 0 saturated carbocycles. The molecule has 0 saturated heterocycles. The minimum absolute atomic E-state index is 0.141. The highest BCUT2D eigenvalue weighted by Crippen LogP contribution is 2.26. The average Bonchev–Trinajstić information content (AvgIpc) is 2.61. The van der Waals surface area contributed by atoms with Gasteiger partial charge in [0.05, 0.1) is 0 Å². The van der Waals surface area contributed by atoms with Gasteiger partial charge in [0.1, 0.15) is 0 Å². The highest BCUT2D eigenvalue weighted by molar-refractivity contribution is 4.84. The maximum atomic E-state index is 6.86. The lowest BCUT2D eigenvalue weighted by Gasteiger charge is -2.30. The molecule has 152 valence electrons. The smallest absolute Gasteiger partial charge is 0.0154 e. The molecular formula is C24H51N. The third-order valence-corrected chi connectivity index (χ3v) is 5.83. The topological polar surface area (TPSA) is 26.0 Å². The summed E-state index contributed by atoms with van der Waals surface area (Å²) in [6.45, 7) is 6.88. The van der Waals surface area contributed by atoms with E-state index in [1.807, 2.05) is 0 Å². The van der Waals surface area contributed by atoms with Crippen molar-refractivity contribution in [2.45, 2.75) is 155 Å². The Hall–Kier alpha value is -0.0400. The maximum Gasteiger partial charge on any atom is 0.0154 e. The van der Waals surface area contributed by atoms with Crippen LogP contribution in [-0.4, -0.2) is 5.54 Å². The van der Waals surface area contributed by atoms with Crippen LogP contribution in [0.25, 0.3) is 0 Å². The average molecular weight is 354 g/mol. The van der Waals surface area contributed by atoms with Crippen LogP contribution in [0.1, 0.15) is 149 Å². The Balaban J connectivity index is 3.86. The summed E-state index contributed by atoms with van der Waals surface area (Å²) in [4.78, 5) is 0. The molecule has 0 heterocycles. The fraction of sp³-hybridized carbons (Fsp3) is 1.00. The fourth-order valence-electron chi connectivity index (χ4n) is 3.97. The van der Waals surface area contributed by atoms with E-state index < -0.39 is 0 Å². The Morgan fingerprint density at radius 1 is 0.400 bits per heavy atom. The van der Waals surface area contributed by atoms with Crippen LogP contribution in [-0.2, 0) is 0 Å². The quantitative estimate of drug-likeness (QED) is 0.218. The minimum Gasteiger partial charge on any atom is -0.325 e. The van der Waals surface area contributed by atoms with Crippen LogP contribution in [0.3, 0.4) is 0 Å². The zero-order valence-electron chi connectivity index (χ0n) is 18.2. The summed E-state index contributed by atoms with van der Waals surface area (Å²) in [6, 6.07) is 0. The summed E-state index contributed by atoms with van der Waals surface area (Å²) in [6.07, 6.45) is 27.4. The fourth-order valence-corrected chi connectivity index (χ4v) is 3.97. The molecule has 0 aromatic rings. The van der Waals surface area contributed by atoms with Crippen LogP contribution in [0.4, 0.5) is 0 Å². The van der Waals surface area contributed by atoms with Gasteiger partial charge in [-0.1, -0.05) is 130 Å². The molecule has 0 aliphatic carbocycles. The van der Waals surface area contributed by atoms with Crippen LogP contribution >= 0.6 is 0 Å². The Morgan fingerprint density at radius 2 is 0.640 bits per heavy atom. The number of hydrogen-bond acceptors (Lipinski definition) is 1. The lowest BCUT2D eigenvalue weighted by molar-refractivity contribution is 0.303. The van der Waals surface area contributed by atoms with Gasteiger partial charge in [0.2, 0.25) is 0 Å². The molecule has 0 fully saturated rings. The molecule has 0 rings (SSSR count). The zero-order valence-corrected chi connectivity index (χ0v) is 18.2. The first kappa shape index (κ1) is 25.0. The van der Waals surface area contributed by atoms with Crippen molar-refractivity contribution in [3.8, 4) is 0 Å². The summed E-state index contributed by atoms with van der Waals surface area (Å²) < 4.78 is 0. The Labute approximate surface area is 160 Å². The normalized spacial score (nSPS) is 12.0. The van der Waals surface area contributed by atoms with Crippen molar-refractivity contribution in [2.75, 3.05) is 0 Å². The molecule has 25 heavy (non-hydrogen) atoms. The van der Waals surface area contributed by atoms with E-state index in [9.17, 15) is 0 Å². The van der Waals surface area contributed by atoms with Crippen LogP contribution in [0.2, 0.25) is 0 Å². The van der Waals surface area contributed by atoms with Crippen molar-refractivity contribution in [1.82, 2.24) is 0 Å². The summed E-state index contributed by atoms with van der Waals surface area (Å²) >= 11 is 0. The van der Waals surface area contributed by atoms with E-state index in [1.54, 1.807) is 0 Å². The van der Waals surface area contributed by atoms with Gasteiger partial charge in [-0.25, -0.2) is 0 Å². The van der Waals surface area contributed by atoms with Gasteiger partial charge < -0.3 is 5.73 Å². The molecule has 0 aromatic heterocycles. The highest BCUT2D eigenvalue weighted by Gasteiger charge is 2.23. The van der Waals surface area contributed by atoms with Crippen molar-refractivity contribution in [3.63, 3.8) is 0 Å². The van der Waals surface area contributed by atoms with Gasteiger partial charge >= 0.3 is 0 Å². The summed E-state index contributed by atoms with van der Waals surface area (Å²) in [5.41, 5.74) is 7.00. The monoisotopic (exact) mass is 353 g/mol. The molecule has 0 aliphatic heterocycles. The van der Waals surface area contributed by atoms with Crippen molar-refractivity contribution < 1.29 is 0 Å². The van der Waals surface area contributed by atoms with E-state index in [2.05, 4.69) is 20.8 Å². The van der Waals surface area contributed by atoms with E-state index >= 15 is 0 Å². The van der Waals surface area contributed by atoms with Gasteiger partial charge in [0, 0.05) is 5.54 Å². The number of unbranched alkanes of at least 4 members (excludes halogenated alkanes) is 14. The molecule has 0 unspecified atom stereocenters. The Bertz CT molecular complexity index is 236. The maximum absolute atomic E-state index is 6.86.